The molecule has 16 heavy (non-hydrogen) atoms. The van der Waals surface area contributed by atoms with Gasteiger partial charge in [0.25, 0.3) is 0 Å². The fourth-order valence-electron chi connectivity index (χ4n) is 1.58. The predicted octanol–water partition coefficient (Wildman–Crippen LogP) is -0.864. The third-order valence-electron chi connectivity index (χ3n) is 2.41. The maximum atomic E-state index is 11.8. The van der Waals surface area contributed by atoms with E-state index < -0.39 is 11.4 Å². The van der Waals surface area contributed by atoms with Gasteiger partial charge in [-0.05, 0) is 6.92 Å². The van der Waals surface area contributed by atoms with Crippen molar-refractivity contribution >= 4 is 5.78 Å². The summed E-state index contributed by atoms with van der Waals surface area (Å²) in [5.74, 6) is 2.65. The second-order valence-corrected chi connectivity index (χ2v) is 3.45. The molecule has 0 aliphatic rings. The monoisotopic (exact) mass is 218 g/mol. The van der Waals surface area contributed by atoms with E-state index in [4.69, 9.17) is 6.42 Å². The average Bonchev–Trinajstić information content (AvgIpc) is 2.64. The lowest BCUT2D eigenvalue weighted by molar-refractivity contribution is 0.626. The van der Waals surface area contributed by atoms with E-state index in [9.17, 15) is 9.59 Å². The van der Waals surface area contributed by atoms with Crippen LogP contribution < -0.4 is 11.4 Å². The zero-order valence-electron chi connectivity index (χ0n) is 8.97. The molecule has 2 aromatic heterocycles. The van der Waals surface area contributed by atoms with Gasteiger partial charge in [-0.3, -0.25) is 4.57 Å². The van der Waals surface area contributed by atoms with Crippen molar-refractivity contribution in [3.8, 4) is 12.3 Å². The molecule has 2 aromatic rings. The third kappa shape index (κ3) is 1.18. The Morgan fingerprint density at radius 1 is 1.44 bits per heavy atom. The SMILES string of the molecule is C#CCn1c(=O)n(C)c(=O)n2c(C)cnc12. The average molecular weight is 218 g/mol. The summed E-state index contributed by atoms with van der Waals surface area (Å²) in [6.45, 7) is 1.83. The summed E-state index contributed by atoms with van der Waals surface area (Å²) >= 11 is 0. The lowest BCUT2D eigenvalue weighted by Crippen LogP contribution is -2.42. The van der Waals surface area contributed by atoms with E-state index in [0.29, 0.717) is 5.69 Å². The highest BCUT2D eigenvalue weighted by Gasteiger charge is 2.12. The number of nitrogens with zero attached hydrogens (tertiary/aromatic N) is 4. The second-order valence-electron chi connectivity index (χ2n) is 3.45. The molecule has 0 aliphatic carbocycles. The summed E-state index contributed by atoms with van der Waals surface area (Å²) < 4.78 is 3.66. The summed E-state index contributed by atoms with van der Waals surface area (Å²) in [5, 5.41) is 0. The van der Waals surface area contributed by atoms with Gasteiger partial charge in [-0.1, -0.05) is 5.92 Å². The number of hydrogen-bond acceptors (Lipinski definition) is 3. The van der Waals surface area contributed by atoms with Gasteiger partial charge >= 0.3 is 11.4 Å². The quantitative estimate of drug-likeness (QED) is 0.585. The summed E-state index contributed by atoms with van der Waals surface area (Å²) in [6, 6.07) is 0. The van der Waals surface area contributed by atoms with Crippen LogP contribution in [0.15, 0.2) is 15.8 Å². The van der Waals surface area contributed by atoms with Crippen LogP contribution in [0.3, 0.4) is 0 Å². The number of imidazole rings is 1. The highest BCUT2D eigenvalue weighted by Crippen LogP contribution is 1.99. The minimum Gasteiger partial charge on any atom is -0.251 e. The van der Waals surface area contributed by atoms with Crippen LogP contribution in [0, 0.1) is 19.3 Å². The number of aryl methyl sites for hydroxylation is 1. The maximum absolute atomic E-state index is 11.8. The molecule has 0 aromatic carbocycles. The maximum Gasteiger partial charge on any atom is 0.339 e. The summed E-state index contributed by atoms with van der Waals surface area (Å²) in [6.07, 6.45) is 6.71. The standard InChI is InChI=1S/C10H10N4O2/c1-4-5-13-8-11-6-7(2)14(8)10(16)12(3)9(13)15/h1,6H,5H2,2-3H3. The Kier molecular flexibility index (Phi) is 2.16. The van der Waals surface area contributed by atoms with Gasteiger partial charge < -0.3 is 0 Å². The molecule has 0 spiro atoms. The Bertz CT molecular complexity index is 711. The van der Waals surface area contributed by atoms with Crippen molar-refractivity contribution < 1.29 is 0 Å². The van der Waals surface area contributed by atoms with Gasteiger partial charge in [-0.25, -0.2) is 23.5 Å². The van der Waals surface area contributed by atoms with Crippen LogP contribution in [0.5, 0.6) is 0 Å². The first-order valence-corrected chi connectivity index (χ1v) is 4.65. The van der Waals surface area contributed by atoms with E-state index in [1.165, 1.54) is 22.2 Å². The van der Waals surface area contributed by atoms with Gasteiger partial charge in [0.15, 0.2) is 0 Å². The zero-order chi connectivity index (χ0) is 11.9. The fourth-order valence-corrected chi connectivity index (χ4v) is 1.58. The van der Waals surface area contributed by atoms with Gasteiger partial charge in [-0.2, -0.15) is 0 Å². The van der Waals surface area contributed by atoms with Crippen molar-refractivity contribution in [1.29, 1.82) is 0 Å². The van der Waals surface area contributed by atoms with E-state index >= 15 is 0 Å². The Balaban J connectivity index is 3.07. The summed E-state index contributed by atoms with van der Waals surface area (Å²) in [4.78, 5) is 27.6. The molecular formula is C10H10N4O2. The topological polar surface area (TPSA) is 61.3 Å². The summed E-state index contributed by atoms with van der Waals surface area (Å²) in [7, 11) is 1.41. The molecule has 0 N–H and O–H groups in total. The molecule has 0 saturated carbocycles. The Labute approximate surface area is 90.8 Å². The number of fused-ring (bicyclic) bond motifs is 1. The lowest BCUT2D eigenvalue weighted by atomic mass is 10.5. The van der Waals surface area contributed by atoms with Crippen LogP contribution in [-0.4, -0.2) is 18.5 Å². The number of hydrogen-bond donors (Lipinski definition) is 0. The molecule has 6 nitrogen and oxygen atoms in total. The van der Waals surface area contributed by atoms with Crippen molar-refractivity contribution in [3.63, 3.8) is 0 Å². The van der Waals surface area contributed by atoms with Crippen molar-refractivity contribution in [2.45, 2.75) is 13.5 Å². The van der Waals surface area contributed by atoms with E-state index in [1.54, 1.807) is 6.92 Å². The molecule has 0 atom stereocenters. The molecule has 0 bridgehead atoms. The summed E-state index contributed by atoms with van der Waals surface area (Å²) in [5.41, 5.74) is -0.203. The van der Waals surface area contributed by atoms with Crippen LogP contribution in [0.25, 0.3) is 5.78 Å². The van der Waals surface area contributed by atoms with E-state index in [0.717, 1.165) is 4.57 Å². The molecule has 82 valence electrons. The van der Waals surface area contributed by atoms with E-state index in [1.807, 2.05) is 0 Å². The normalized spacial score (nSPS) is 10.6. The predicted molar refractivity (Wildman–Crippen MR) is 58.3 cm³/mol. The molecule has 0 radical (unpaired) electrons. The van der Waals surface area contributed by atoms with Crippen molar-refractivity contribution in [1.82, 2.24) is 18.5 Å². The Morgan fingerprint density at radius 2 is 2.12 bits per heavy atom. The Hall–Kier alpha value is -2.29. The highest BCUT2D eigenvalue weighted by atomic mass is 16.2. The van der Waals surface area contributed by atoms with Gasteiger partial charge in [0.05, 0.1) is 12.7 Å². The molecule has 2 heterocycles. The van der Waals surface area contributed by atoms with Crippen LogP contribution in [0.1, 0.15) is 5.69 Å². The first-order valence-electron chi connectivity index (χ1n) is 4.65. The molecule has 0 amide bonds. The molecule has 0 fully saturated rings. The molecule has 0 saturated heterocycles. The van der Waals surface area contributed by atoms with Crippen molar-refractivity contribution in [3.05, 3.63) is 32.9 Å². The fraction of sp³-hybridized carbons (Fsp3) is 0.300. The molecular weight excluding hydrogens is 208 g/mol. The first-order chi connectivity index (χ1) is 7.57. The highest BCUT2D eigenvalue weighted by molar-refractivity contribution is 5.31. The lowest BCUT2D eigenvalue weighted by Gasteiger charge is -2.06. The number of rotatable bonds is 1. The molecule has 0 aliphatic heterocycles. The van der Waals surface area contributed by atoms with Gasteiger partial charge in [-0.15, -0.1) is 6.42 Å². The second kappa shape index (κ2) is 3.38. The Morgan fingerprint density at radius 3 is 2.75 bits per heavy atom. The third-order valence-corrected chi connectivity index (χ3v) is 2.41. The van der Waals surface area contributed by atoms with Gasteiger partial charge in [0.2, 0.25) is 5.78 Å². The number of aromatic nitrogens is 4. The van der Waals surface area contributed by atoms with Gasteiger partial charge in [0.1, 0.15) is 0 Å². The van der Waals surface area contributed by atoms with Crippen LogP contribution in [0.4, 0.5) is 0 Å². The van der Waals surface area contributed by atoms with Crippen molar-refractivity contribution in [2.75, 3.05) is 0 Å². The van der Waals surface area contributed by atoms with Crippen molar-refractivity contribution in [2.24, 2.45) is 7.05 Å². The van der Waals surface area contributed by atoms with Crippen LogP contribution >= 0.6 is 0 Å². The number of terminal acetylenes is 1. The largest absolute Gasteiger partial charge is 0.339 e. The minimum absolute atomic E-state index is 0.0902. The van der Waals surface area contributed by atoms with Crippen LogP contribution in [0.2, 0.25) is 0 Å². The molecule has 0 unspecified atom stereocenters. The minimum atomic E-state index is -0.457. The first kappa shape index (κ1) is 10.2. The molecule has 6 heteroatoms. The van der Waals surface area contributed by atoms with E-state index in [-0.39, 0.29) is 12.3 Å². The van der Waals surface area contributed by atoms with E-state index in [2.05, 4.69) is 10.9 Å². The molecule has 2 rings (SSSR count). The van der Waals surface area contributed by atoms with Crippen LogP contribution in [-0.2, 0) is 13.6 Å². The van der Waals surface area contributed by atoms with Gasteiger partial charge in [0, 0.05) is 12.7 Å². The smallest absolute Gasteiger partial charge is 0.251 e. The zero-order valence-corrected chi connectivity index (χ0v) is 8.97.